The van der Waals surface area contributed by atoms with E-state index in [2.05, 4.69) is 121 Å². The molecule has 176 valence electrons. The van der Waals surface area contributed by atoms with E-state index >= 15 is 0 Å². The predicted molar refractivity (Wildman–Crippen MR) is 158 cm³/mol. The fourth-order valence-corrected chi connectivity index (χ4v) is 5.63. The van der Waals surface area contributed by atoms with E-state index in [1.165, 1.54) is 32.9 Å². The normalized spacial score (nSPS) is 12.2. The van der Waals surface area contributed by atoms with Crippen molar-refractivity contribution in [3.05, 3.63) is 133 Å². The molecule has 0 fully saturated rings. The lowest BCUT2D eigenvalue weighted by atomic mass is 9.97. The highest BCUT2D eigenvalue weighted by molar-refractivity contribution is 6.06. The van der Waals surface area contributed by atoms with Gasteiger partial charge >= 0.3 is 0 Å². The maximum atomic E-state index is 6.09. The number of benzene rings is 5. The molecule has 5 aromatic carbocycles. The van der Waals surface area contributed by atoms with Gasteiger partial charge in [-0.2, -0.15) is 0 Å². The van der Waals surface area contributed by atoms with Crippen LogP contribution in [0.5, 0.6) is 0 Å². The molecule has 0 saturated carbocycles. The van der Waals surface area contributed by atoms with Gasteiger partial charge in [0.05, 0.1) is 11.2 Å². The molecule has 37 heavy (non-hydrogen) atoms. The third-order valence-corrected chi connectivity index (χ3v) is 7.34. The minimum absolute atomic E-state index is 0.897. The SMILES string of the molecule is C=Cc1c(/C=C(\C)c2cccc3ccccc23)c2ccccc2n1-c1ccc2oc3ccccc3c2c1. The second-order valence-corrected chi connectivity index (χ2v) is 9.49. The van der Waals surface area contributed by atoms with E-state index in [1.807, 2.05) is 18.2 Å². The molecule has 0 atom stereocenters. The van der Waals surface area contributed by atoms with Crippen LogP contribution < -0.4 is 0 Å². The van der Waals surface area contributed by atoms with Gasteiger partial charge in [-0.25, -0.2) is 0 Å². The molecule has 0 N–H and O–H groups in total. The molecule has 2 heterocycles. The summed E-state index contributed by atoms with van der Waals surface area (Å²) in [7, 11) is 0. The number of aromatic nitrogens is 1. The van der Waals surface area contributed by atoms with Crippen molar-refractivity contribution in [1.82, 2.24) is 4.57 Å². The zero-order chi connectivity index (χ0) is 24.9. The van der Waals surface area contributed by atoms with Gasteiger partial charge in [0.1, 0.15) is 11.2 Å². The number of hydrogen-bond acceptors (Lipinski definition) is 1. The Morgan fingerprint density at radius 1 is 0.703 bits per heavy atom. The molecular weight excluding hydrogens is 450 g/mol. The van der Waals surface area contributed by atoms with E-state index in [4.69, 9.17) is 4.42 Å². The maximum absolute atomic E-state index is 6.09. The van der Waals surface area contributed by atoms with Gasteiger partial charge < -0.3 is 8.98 Å². The largest absolute Gasteiger partial charge is 0.456 e. The zero-order valence-corrected chi connectivity index (χ0v) is 20.6. The van der Waals surface area contributed by atoms with Crippen LogP contribution in [0, 0.1) is 0 Å². The Hall–Kier alpha value is -4.82. The molecule has 7 aromatic rings. The highest BCUT2D eigenvalue weighted by Gasteiger charge is 2.17. The van der Waals surface area contributed by atoms with Gasteiger partial charge in [0.25, 0.3) is 0 Å². The van der Waals surface area contributed by atoms with Gasteiger partial charge in [0, 0.05) is 27.4 Å². The van der Waals surface area contributed by atoms with Crippen LogP contribution in [-0.4, -0.2) is 4.57 Å². The minimum Gasteiger partial charge on any atom is -0.456 e. The number of hydrogen-bond donors (Lipinski definition) is 0. The second kappa shape index (κ2) is 8.39. The van der Waals surface area contributed by atoms with Crippen molar-refractivity contribution in [2.24, 2.45) is 0 Å². The van der Waals surface area contributed by atoms with Gasteiger partial charge in [0.15, 0.2) is 0 Å². The Balaban J connectivity index is 1.48. The first-order valence-corrected chi connectivity index (χ1v) is 12.6. The Labute approximate surface area is 215 Å². The molecule has 0 radical (unpaired) electrons. The van der Waals surface area contributed by atoms with Crippen molar-refractivity contribution in [2.75, 3.05) is 0 Å². The van der Waals surface area contributed by atoms with E-state index in [0.29, 0.717) is 0 Å². The molecule has 0 aliphatic carbocycles. The fourth-order valence-electron chi connectivity index (χ4n) is 5.63. The molecule has 2 heteroatoms. The molecule has 0 amide bonds. The molecule has 0 unspecified atom stereocenters. The quantitative estimate of drug-likeness (QED) is 0.248. The average Bonchev–Trinajstić information content (AvgIpc) is 3.47. The summed E-state index contributed by atoms with van der Waals surface area (Å²) in [5.41, 5.74) is 8.77. The lowest BCUT2D eigenvalue weighted by molar-refractivity contribution is 0.669. The standard InChI is InChI=1S/C35H25NO/c1-3-32-30(21-23(2)26-16-10-12-24-11-4-5-13-27(24)26)28-14-6-8-17-33(28)36(32)25-19-20-35-31(22-25)29-15-7-9-18-34(29)37-35/h3-22H,1H2,2H3/b23-21+. The van der Waals surface area contributed by atoms with Crippen LogP contribution >= 0.6 is 0 Å². The first kappa shape index (κ1) is 21.5. The van der Waals surface area contributed by atoms with Crippen molar-refractivity contribution in [2.45, 2.75) is 6.92 Å². The maximum Gasteiger partial charge on any atom is 0.135 e. The summed E-state index contributed by atoms with van der Waals surface area (Å²) in [6.45, 7) is 6.44. The summed E-state index contributed by atoms with van der Waals surface area (Å²) in [5, 5.41) is 5.96. The number of rotatable bonds is 4. The summed E-state index contributed by atoms with van der Waals surface area (Å²) in [6, 6.07) is 38.3. The topological polar surface area (TPSA) is 18.1 Å². The van der Waals surface area contributed by atoms with Crippen LogP contribution in [0.4, 0.5) is 0 Å². The molecule has 0 spiro atoms. The zero-order valence-electron chi connectivity index (χ0n) is 20.6. The molecule has 0 aliphatic heterocycles. The predicted octanol–water partition coefficient (Wildman–Crippen LogP) is 9.89. The third-order valence-electron chi connectivity index (χ3n) is 7.34. The Kier molecular flexibility index (Phi) is 4.87. The fraction of sp³-hybridized carbons (Fsp3) is 0.0286. The first-order chi connectivity index (χ1) is 18.2. The minimum atomic E-state index is 0.897. The average molecular weight is 476 g/mol. The summed E-state index contributed by atoms with van der Waals surface area (Å²) in [4.78, 5) is 0. The van der Waals surface area contributed by atoms with Crippen LogP contribution in [0.15, 0.2) is 120 Å². The van der Waals surface area contributed by atoms with Crippen LogP contribution in [0.2, 0.25) is 0 Å². The Morgan fingerprint density at radius 2 is 1.41 bits per heavy atom. The lowest BCUT2D eigenvalue weighted by Gasteiger charge is -2.10. The van der Waals surface area contributed by atoms with Crippen LogP contribution in [0.1, 0.15) is 23.7 Å². The first-order valence-electron chi connectivity index (χ1n) is 12.6. The summed E-state index contributed by atoms with van der Waals surface area (Å²) in [5.74, 6) is 0. The van der Waals surface area contributed by atoms with Gasteiger partial charge in [-0.1, -0.05) is 85.4 Å². The number of furan rings is 1. The van der Waals surface area contributed by atoms with E-state index in [-0.39, 0.29) is 0 Å². The second-order valence-electron chi connectivity index (χ2n) is 9.49. The molecule has 0 saturated heterocycles. The highest BCUT2D eigenvalue weighted by atomic mass is 16.3. The van der Waals surface area contributed by atoms with E-state index in [9.17, 15) is 0 Å². The van der Waals surface area contributed by atoms with E-state index < -0.39 is 0 Å². The number of fused-ring (bicyclic) bond motifs is 5. The number of allylic oxidation sites excluding steroid dienone is 1. The van der Waals surface area contributed by atoms with Crippen molar-refractivity contribution in [3.8, 4) is 5.69 Å². The molecular formula is C35H25NO. The molecule has 7 rings (SSSR count). The highest BCUT2D eigenvalue weighted by Crippen LogP contribution is 2.36. The lowest BCUT2D eigenvalue weighted by Crippen LogP contribution is -1.96. The molecule has 2 aromatic heterocycles. The summed E-state index contributed by atoms with van der Waals surface area (Å²) in [6.07, 6.45) is 4.28. The van der Waals surface area contributed by atoms with Gasteiger partial charge in [-0.3, -0.25) is 0 Å². The van der Waals surface area contributed by atoms with Crippen LogP contribution in [0.3, 0.4) is 0 Å². The van der Waals surface area contributed by atoms with Crippen molar-refractivity contribution in [3.63, 3.8) is 0 Å². The van der Waals surface area contributed by atoms with Crippen LogP contribution in [-0.2, 0) is 0 Å². The van der Waals surface area contributed by atoms with Crippen molar-refractivity contribution >= 4 is 61.3 Å². The van der Waals surface area contributed by atoms with E-state index in [1.54, 1.807) is 0 Å². The Bertz CT molecular complexity index is 2010. The molecule has 0 bridgehead atoms. The van der Waals surface area contributed by atoms with Crippen LogP contribution in [0.25, 0.3) is 67.0 Å². The number of nitrogens with zero attached hydrogens (tertiary/aromatic N) is 1. The monoisotopic (exact) mass is 475 g/mol. The molecule has 0 aliphatic rings. The van der Waals surface area contributed by atoms with Gasteiger partial charge in [0.2, 0.25) is 0 Å². The van der Waals surface area contributed by atoms with Gasteiger partial charge in [-0.15, -0.1) is 0 Å². The van der Waals surface area contributed by atoms with E-state index in [0.717, 1.165) is 38.8 Å². The summed E-state index contributed by atoms with van der Waals surface area (Å²) >= 11 is 0. The van der Waals surface area contributed by atoms with Crippen molar-refractivity contribution in [1.29, 1.82) is 0 Å². The molecule has 2 nitrogen and oxygen atoms in total. The Morgan fingerprint density at radius 3 is 2.27 bits per heavy atom. The van der Waals surface area contributed by atoms with Crippen molar-refractivity contribution < 1.29 is 4.42 Å². The number of para-hydroxylation sites is 2. The third kappa shape index (κ3) is 3.34. The van der Waals surface area contributed by atoms with Gasteiger partial charge in [-0.05, 0) is 71.3 Å². The summed E-state index contributed by atoms with van der Waals surface area (Å²) < 4.78 is 8.40. The smallest absolute Gasteiger partial charge is 0.135 e.